The first-order valence-corrected chi connectivity index (χ1v) is 11.4. The maximum Gasteiger partial charge on any atom is 0.278 e. The van der Waals surface area contributed by atoms with E-state index in [4.69, 9.17) is 16.1 Å². The van der Waals surface area contributed by atoms with Crippen LogP contribution in [-0.4, -0.2) is 55.0 Å². The van der Waals surface area contributed by atoms with Crippen molar-refractivity contribution in [3.63, 3.8) is 0 Å². The van der Waals surface area contributed by atoms with Gasteiger partial charge < -0.3 is 9.42 Å². The van der Waals surface area contributed by atoms with Crippen LogP contribution < -0.4 is 0 Å². The number of halogens is 1. The molecule has 1 amide bonds. The van der Waals surface area contributed by atoms with Gasteiger partial charge in [0.25, 0.3) is 11.8 Å². The topological polar surface area (TPSA) is 80.3 Å². The van der Waals surface area contributed by atoms with Crippen molar-refractivity contribution in [3.05, 3.63) is 70.9 Å². The predicted molar refractivity (Wildman–Crippen MR) is 125 cm³/mol. The fraction of sp³-hybridized carbons (Fsp3) is 0.333. The van der Waals surface area contributed by atoms with E-state index < -0.39 is 0 Å². The van der Waals surface area contributed by atoms with E-state index in [-0.39, 0.29) is 11.9 Å². The minimum atomic E-state index is -0.102. The second-order valence-electron chi connectivity index (χ2n) is 8.13. The third-order valence-corrected chi connectivity index (χ3v) is 6.41. The van der Waals surface area contributed by atoms with Crippen LogP contribution in [0, 0.1) is 0 Å². The molecule has 1 atom stereocenters. The van der Waals surface area contributed by atoms with E-state index in [2.05, 4.69) is 32.2 Å². The van der Waals surface area contributed by atoms with Gasteiger partial charge in [0.2, 0.25) is 0 Å². The SMILES string of the molecule is CC=CCN(CC=CC)Cc1noc(-c2ncn3c2[C@@H]2CCN2C(=O)c2c(Cl)cccc2-3)n1. The van der Waals surface area contributed by atoms with Crippen molar-refractivity contribution in [2.75, 3.05) is 19.6 Å². The summed E-state index contributed by atoms with van der Waals surface area (Å²) in [7, 11) is 0. The maximum absolute atomic E-state index is 13.2. The zero-order valence-electron chi connectivity index (χ0n) is 18.6. The molecule has 8 nitrogen and oxygen atoms in total. The van der Waals surface area contributed by atoms with E-state index >= 15 is 0 Å². The fourth-order valence-electron chi connectivity index (χ4n) is 4.34. The van der Waals surface area contributed by atoms with Gasteiger partial charge >= 0.3 is 0 Å². The molecule has 0 radical (unpaired) electrons. The van der Waals surface area contributed by atoms with E-state index in [9.17, 15) is 4.79 Å². The summed E-state index contributed by atoms with van der Waals surface area (Å²) in [6.07, 6.45) is 10.8. The summed E-state index contributed by atoms with van der Waals surface area (Å²) in [4.78, 5) is 26.5. The van der Waals surface area contributed by atoms with Crippen LogP contribution in [0.2, 0.25) is 5.02 Å². The van der Waals surface area contributed by atoms with Crippen LogP contribution in [0.5, 0.6) is 0 Å². The molecule has 0 spiro atoms. The van der Waals surface area contributed by atoms with E-state index in [0.29, 0.717) is 41.1 Å². The highest BCUT2D eigenvalue weighted by molar-refractivity contribution is 6.34. The average molecular weight is 465 g/mol. The van der Waals surface area contributed by atoms with Gasteiger partial charge in [0.15, 0.2) is 11.5 Å². The van der Waals surface area contributed by atoms with E-state index in [1.54, 1.807) is 12.4 Å². The number of allylic oxidation sites excluding steroid dienone is 2. The minimum Gasteiger partial charge on any atom is -0.332 e. The van der Waals surface area contributed by atoms with Crippen LogP contribution >= 0.6 is 11.6 Å². The molecule has 2 aliphatic rings. The Kier molecular flexibility index (Phi) is 5.86. The van der Waals surface area contributed by atoms with Crippen LogP contribution in [0.15, 0.2) is 53.4 Å². The Morgan fingerprint density at radius 2 is 2.03 bits per heavy atom. The molecular weight excluding hydrogens is 440 g/mol. The molecule has 2 aliphatic heterocycles. The zero-order valence-corrected chi connectivity index (χ0v) is 19.4. The molecule has 170 valence electrons. The Balaban J connectivity index is 1.50. The summed E-state index contributed by atoms with van der Waals surface area (Å²) in [6, 6.07) is 5.37. The first kappa shape index (κ1) is 21.6. The Bertz CT molecular complexity index is 1230. The molecule has 0 saturated carbocycles. The van der Waals surface area contributed by atoms with E-state index in [0.717, 1.165) is 30.9 Å². The Labute approximate surface area is 197 Å². The normalized spacial score (nSPS) is 17.4. The Morgan fingerprint density at radius 3 is 2.73 bits per heavy atom. The van der Waals surface area contributed by atoms with Gasteiger partial charge in [-0.25, -0.2) is 4.98 Å². The molecule has 0 aliphatic carbocycles. The van der Waals surface area contributed by atoms with Crippen molar-refractivity contribution in [3.8, 4) is 17.3 Å². The van der Waals surface area contributed by atoms with Crippen molar-refractivity contribution in [1.29, 1.82) is 0 Å². The lowest BCUT2D eigenvalue weighted by Crippen LogP contribution is -2.44. The molecule has 33 heavy (non-hydrogen) atoms. The number of benzene rings is 1. The lowest BCUT2D eigenvalue weighted by Gasteiger charge is -2.39. The summed E-state index contributed by atoms with van der Waals surface area (Å²) in [5, 5.41) is 4.65. The molecule has 0 bridgehead atoms. The second kappa shape index (κ2) is 8.96. The number of fused-ring (bicyclic) bond motifs is 5. The highest BCUT2D eigenvalue weighted by atomic mass is 35.5. The van der Waals surface area contributed by atoms with Gasteiger partial charge in [0.05, 0.1) is 34.6 Å². The summed E-state index contributed by atoms with van der Waals surface area (Å²) in [5.41, 5.74) is 2.71. The van der Waals surface area contributed by atoms with E-state index in [1.807, 2.05) is 47.6 Å². The lowest BCUT2D eigenvalue weighted by molar-refractivity contribution is 0.0461. The molecule has 3 aromatic rings. The standard InChI is InChI=1S/C24H25ClN6O2/c1-3-5-11-29(12-6-4-2)14-19-27-23(33-28-19)21-22-18-10-13-30(18)24(32)20-16(25)8-7-9-17(20)31(22)15-26-21/h3-9,15,18H,10-14H2,1-2H3/t18-/m0/s1. The number of rotatable bonds is 7. The fourth-order valence-corrected chi connectivity index (χ4v) is 4.59. The van der Waals surface area contributed by atoms with Gasteiger partial charge in [0.1, 0.15) is 6.33 Å². The number of imidazole rings is 1. The minimum absolute atomic E-state index is 0.0590. The van der Waals surface area contributed by atoms with Gasteiger partial charge in [-0.1, -0.05) is 47.1 Å². The number of aromatic nitrogens is 4. The second-order valence-corrected chi connectivity index (χ2v) is 8.54. The van der Waals surface area contributed by atoms with Gasteiger partial charge in [-0.15, -0.1) is 0 Å². The first-order chi connectivity index (χ1) is 16.1. The molecule has 1 aromatic carbocycles. The predicted octanol–water partition coefficient (Wildman–Crippen LogP) is 4.43. The number of carbonyl (C=O) groups excluding carboxylic acids is 1. The molecule has 1 saturated heterocycles. The highest BCUT2D eigenvalue weighted by Gasteiger charge is 2.43. The average Bonchev–Trinajstić information content (AvgIpc) is 3.40. The third-order valence-electron chi connectivity index (χ3n) is 6.10. The zero-order chi connectivity index (χ0) is 22.9. The van der Waals surface area contributed by atoms with Crippen molar-refractivity contribution >= 4 is 17.5 Å². The van der Waals surface area contributed by atoms with E-state index in [1.165, 1.54) is 0 Å². The van der Waals surface area contributed by atoms with Crippen LogP contribution in [0.4, 0.5) is 0 Å². The maximum atomic E-state index is 13.2. The number of hydrogen-bond acceptors (Lipinski definition) is 6. The van der Waals surface area contributed by atoms with Crippen molar-refractivity contribution < 1.29 is 9.32 Å². The molecule has 4 heterocycles. The summed E-state index contributed by atoms with van der Waals surface area (Å²) < 4.78 is 7.58. The molecule has 5 rings (SSSR count). The molecule has 0 N–H and O–H groups in total. The largest absolute Gasteiger partial charge is 0.332 e. The quantitative estimate of drug-likeness (QED) is 0.481. The van der Waals surface area contributed by atoms with Gasteiger partial charge in [-0.3, -0.25) is 14.3 Å². The summed E-state index contributed by atoms with van der Waals surface area (Å²) in [6.45, 7) is 6.83. The smallest absolute Gasteiger partial charge is 0.278 e. The number of carbonyl (C=O) groups is 1. The van der Waals surface area contributed by atoms with Crippen molar-refractivity contribution in [1.82, 2.24) is 29.5 Å². The van der Waals surface area contributed by atoms with Crippen LogP contribution in [0.1, 0.15) is 48.2 Å². The van der Waals surface area contributed by atoms with Gasteiger partial charge in [-0.05, 0) is 32.4 Å². The molecule has 0 unspecified atom stereocenters. The number of amides is 1. The Morgan fingerprint density at radius 1 is 1.24 bits per heavy atom. The van der Waals surface area contributed by atoms with Gasteiger partial charge in [0, 0.05) is 19.6 Å². The highest BCUT2D eigenvalue weighted by Crippen LogP contribution is 2.44. The molecule has 1 fully saturated rings. The van der Waals surface area contributed by atoms with Crippen LogP contribution in [-0.2, 0) is 6.54 Å². The van der Waals surface area contributed by atoms with Gasteiger partial charge in [-0.2, -0.15) is 4.98 Å². The summed E-state index contributed by atoms with van der Waals surface area (Å²) >= 11 is 6.42. The third kappa shape index (κ3) is 3.79. The first-order valence-electron chi connectivity index (χ1n) is 11.1. The molecular formula is C24H25ClN6O2. The van der Waals surface area contributed by atoms with Crippen molar-refractivity contribution in [2.24, 2.45) is 0 Å². The number of hydrogen-bond donors (Lipinski definition) is 0. The van der Waals surface area contributed by atoms with Crippen LogP contribution in [0.3, 0.4) is 0 Å². The monoisotopic (exact) mass is 464 g/mol. The Hall–Kier alpha value is -3.23. The lowest BCUT2D eigenvalue weighted by atomic mass is 9.97. The molecule has 2 aromatic heterocycles. The van der Waals surface area contributed by atoms with Crippen molar-refractivity contribution in [2.45, 2.75) is 32.9 Å². The molecule has 9 heteroatoms. The number of nitrogens with zero attached hydrogens (tertiary/aromatic N) is 6. The van der Waals surface area contributed by atoms with Crippen LogP contribution in [0.25, 0.3) is 17.3 Å². The summed E-state index contributed by atoms with van der Waals surface area (Å²) in [5.74, 6) is 0.899.